The second-order valence-electron chi connectivity index (χ2n) is 16.5. The molecule has 0 saturated heterocycles. The minimum Gasteiger partial charge on any atom is -0.309 e. The first-order valence-corrected chi connectivity index (χ1v) is 21.2. The molecule has 1 atom stereocenters. The number of aromatic nitrogens is 2. The maximum atomic E-state index is 2.49. The molecule has 61 heavy (non-hydrogen) atoms. The molecule has 12 aromatic rings. The summed E-state index contributed by atoms with van der Waals surface area (Å²) in [5.41, 5.74) is 18.7. The molecule has 0 saturated carbocycles. The topological polar surface area (TPSA) is 9.86 Å². The summed E-state index contributed by atoms with van der Waals surface area (Å²) in [6.07, 6.45) is 0. The Morgan fingerprint density at radius 3 is 1.77 bits per heavy atom. The molecule has 0 aliphatic heterocycles. The predicted molar refractivity (Wildman–Crippen MR) is 256 cm³/mol. The van der Waals surface area contributed by atoms with Crippen molar-refractivity contribution >= 4 is 54.4 Å². The van der Waals surface area contributed by atoms with Crippen LogP contribution in [0.15, 0.2) is 224 Å². The average molecular weight is 775 g/mol. The van der Waals surface area contributed by atoms with Gasteiger partial charge in [-0.1, -0.05) is 164 Å². The maximum absolute atomic E-state index is 2.49. The Hall–Kier alpha value is -7.94. The summed E-state index contributed by atoms with van der Waals surface area (Å²) < 4.78 is 4.91. The van der Waals surface area contributed by atoms with E-state index in [1.807, 2.05) is 0 Å². The molecule has 0 fully saturated rings. The van der Waals surface area contributed by atoms with Gasteiger partial charge in [-0.2, -0.15) is 0 Å². The Bertz CT molecular complexity index is 3700. The van der Waals surface area contributed by atoms with Gasteiger partial charge in [0.15, 0.2) is 0 Å². The second kappa shape index (κ2) is 13.3. The molecule has 0 bridgehead atoms. The van der Waals surface area contributed by atoms with Crippen LogP contribution in [0.1, 0.15) is 22.6 Å². The van der Waals surface area contributed by atoms with Gasteiger partial charge in [0.2, 0.25) is 0 Å². The molecule has 13 rings (SSSR count). The van der Waals surface area contributed by atoms with Gasteiger partial charge in [0.25, 0.3) is 0 Å². The first-order valence-electron chi connectivity index (χ1n) is 21.2. The zero-order valence-corrected chi connectivity index (χ0v) is 33.3. The standard InChI is InChI=1S/C59H38N2/c1-3-14-38(15-4-1)42-20-13-21-45(34-42)60-53-25-12-11-22-47(53)51-36-43(27-31-54(51)60)44-28-32-55-52(37-44)59-56(61(55)46-29-26-39-16-7-8-19-41(39)35-46)33-30-50-57(40-17-5-2-6-18-40)48-23-9-10-24-49(48)58(50)59/h1-37,57H. The van der Waals surface area contributed by atoms with Gasteiger partial charge in [-0.05, 0) is 122 Å². The smallest absolute Gasteiger partial charge is 0.0547 e. The summed E-state index contributed by atoms with van der Waals surface area (Å²) in [5, 5.41) is 7.56. The van der Waals surface area contributed by atoms with E-state index in [0.717, 1.165) is 5.69 Å². The van der Waals surface area contributed by atoms with Crippen molar-refractivity contribution in [2.75, 3.05) is 0 Å². The average Bonchev–Trinajstić information content (AvgIpc) is 3.97. The lowest BCUT2D eigenvalue weighted by Gasteiger charge is -2.14. The fraction of sp³-hybridized carbons (Fsp3) is 0.0169. The van der Waals surface area contributed by atoms with Crippen LogP contribution in [0.25, 0.3) is 99.1 Å². The lowest BCUT2D eigenvalue weighted by molar-refractivity contribution is 1.02. The van der Waals surface area contributed by atoms with Crippen LogP contribution in [0.2, 0.25) is 0 Å². The Morgan fingerprint density at radius 2 is 0.918 bits per heavy atom. The van der Waals surface area contributed by atoms with Crippen LogP contribution in [-0.4, -0.2) is 9.13 Å². The van der Waals surface area contributed by atoms with Crippen LogP contribution in [-0.2, 0) is 0 Å². The highest BCUT2D eigenvalue weighted by Gasteiger charge is 2.33. The SMILES string of the molecule is c1ccc(-c2cccc(-n3c4ccccc4c4cc(-c5ccc6c(c5)c5c7c(ccc5n6-c5ccc6ccccc6c5)C(c5ccccc5)c5ccccc5-7)ccc43)c2)cc1. The van der Waals surface area contributed by atoms with Gasteiger partial charge in [-0.25, -0.2) is 0 Å². The molecule has 2 aromatic heterocycles. The van der Waals surface area contributed by atoms with Gasteiger partial charge >= 0.3 is 0 Å². The van der Waals surface area contributed by atoms with Gasteiger partial charge in [0.05, 0.1) is 22.1 Å². The van der Waals surface area contributed by atoms with Crippen molar-refractivity contribution in [3.8, 4) is 44.8 Å². The van der Waals surface area contributed by atoms with Crippen LogP contribution in [0.5, 0.6) is 0 Å². The van der Waals surface area contributed by atoms with Crippen molar-refractivity contribution in [1.29, 1.82) is 0 Å². The fourth-order valence-corrected chi connectivity index (χ4v) is 10.5. The second-order valence-corrected chi connectivity index (χ2v) is 16.5. The summed E-state index contributed by atoms with van der Waals surface area (Å²) in [6.45, 7) is 0. The van der Waals surface area contributed by atoms with Gasteiger partial charge in [0.1, 0.15) is 0 Å². The van der Waals surface area contributed by atoms with Gasteiger partial charge in [-0.15, -0.1) is 0 Å². The zero-order valence-electron chi connectivity index (χ0n) is 33.3. The highest BCUT2D eigenvalue weighted by atomic mass is 15.0. The normalized spacial score (nSPS) is 13.4. The Labute approximate surface area is 353 Å². The number of hydrogen-bond acceptors (Lipinski definition) is 0. The molecule has 0 spiro atoms. The molecule has 0 amide bonds. The Balaban J connectivity index is 1.05. The number of nitrogens with zero attached hydrogens (tertiary/aromatic N) is 2. The van der Waals surface area contributed by atoms with Crippen molar-refractivity contribution < 1.29 is 0 Å². The van der Waals surface area contributed by atoms with E-state index in [0.29, 0.717) is 0 Å². The number of hydrogen-bond donors (Lipinski definition) is 0. The van der Waals surface area contributed by atoms with E-state index >= 15 is 0 Å². The lowest BCUT2D eigenvalue weighted by atomic mass is 9.89. The molecule has 10 aromatic carbocycles. The third-order valence-electron chi connectivity index (χ3n) is 13.2. The molecular formula is C59H38N2. The van der Waals surface area contributed by atoms with Crippen LogP contribution in [0.3, 0.4) is 0 Å². The molecular weight excluding hydrogens is 737 g/mol. The molecule has 1 unspecified atom stereocenters. The van der Waals surface area contributed by atoms with Crippen molar-refractivity contribution in [3.05, 3.63) is 241 Å². The third kappa shape index (κ3) is 5.16. The summed E-state index contributed by atoms with van der Waals surface area (Å²) >= 11 is 0. The number of rotatable bonds is 5. The van der Waals surface area contributed by atoms with Crippen molar-refractivity contribution in [2.45, 2.75) is 5.92 Å². The summed E-state index contributed by atoms with van der Waals surface area (Å²) in [4.78, 5) is 0. The van der Waals surface area contributed by atoms with Crippen LogP contribution in [0.4, 0.5) is 0 Å². The van der Waals surface area contributed by atoms with Crippen molar-refractivity contribution in [1.82, 2.24) is 9.13 Å². The van der Waals surface area contributed by atoms with E-state index in [1.54, 1.807) is 0 Å². The molecule has 2 heteroatoms. The first kappa shape index (κ1) is 34.0. The minimum absolute atomic E-state index is 0.173. The van der Waals surface area contributed by atoms with E-state index < -0.39 is 0 Å². The summed E-state index contributed by atoms with van der Waals surface area (Å²) in [6, 6.07) is 83.0. The van der Waals surface area contributed by atoms with Gasteiger partial charge < -0.3 is 9.13 Å². The van der Waals surface area contributed by atoms with E-state index in [-0.39, 0.29) is 5.92 Å². The Morgan fingerprint density at radius 1 is 0.311 bits per heavy atom. The minimum atomic E-state index is 0.173. The number of benzene rings is 10. The zero-order chi connectivity index (χ0) is 40.0. The molecule has 2 nitrogen and oxygen atoms in total. The fourth-order valence-electron chi connectivity index (χ4n) is 10.5. The summed E-state index contributed by atoms with van der Waals surface area (Å²) in [5.74, 6) is 0.173. The maximum Gasteiger partial charge on any atom is 0.0547 e. The highest BCUT2D eigenvalue weighted by Crippen LogP contribution is 2.53. The van der Waals surface area contributed by atoms with Gasteiger partial charge in [-0.3, -0.25) is 0 Å². The molecule has 1 aliphatic rings. The quantitative estimate of drug-likeness (QED) is 0.165. The van der Waals surface area contributed by atoms with E-state index in [9.17, 15) is 0 Å². The third-order valence-corrected chi connectivity index (χ3v) is 13.2. The molecule has 0 N–H and O–H groups in total. The number of fused-ring (bicyclic) bond motifs is 11. The highest BCUT2D eigenvalue weighted by molar-refractivity contribution is 6.19. The van der Waals surface area contributed by atoms with Crippen LogP contribution >= 0.6 is 0 Å². The Kier molecular flexibility index (Phi) is 7.40. The number of para-hydroxylation sites is 1. The van der Waals surface area contributed by atoms with Crippen LogP contribution < -0.4 is 0 Å². The molecule has 284 valence electrons. The summed E-state index contributed by atoms with van der Waals surface area (Å²) in [7, 11) is 0. The molecule has 0 radical (unpaired) electrons. The van der Waals surface area contributed by atoms with E-state index in [2.05, 4.69) is 234 Å². The van der Waals surface area contributed by atoms with E-state index in [1.165, 1.54) is 110 Å². The monoisotopic (exact) mass is 774 g/mol. The van der Waals surface area contributed by atoms with Crippen molar-refractivity contribution in [2.24, 2.45) is 0 Å². The lowest BCUT2D eigenvalue weighted by Crippen LogP contribution is -1.99. The predicted octanol–water partition coefficient (Wildman–Crippen LogP) is 15.5. The largest absolute Gasteiger partial charge is 0.309 e. The van der Waals surface area contributed by atoms with E-state index in [4.69, 9.17) is 0 Å². The van der Waals surface area contributed by atoms with Crippen LogP contribution in [0, 0.1) is 0 Å². The molecule has 1 aliphatic carbocycles. The first-order chi connectivity index (χ1) is 30.3. The van der Waals surface area contributed by atoms with Gasteiger partial charge in [0, 0.05) is 38.8 Å². The van der Waals surface area contributed by atoms with Crippen molar-refractivity contribution in [3.63, 3.8) is 0 Å². The molecule has 2 heterocycles.